The molecule has 3 aromatic carbocycles. The van der Waals surface area contributed by atoms with Crippen LogP contribution in [0.3, 0.4) is 0 Å². The number of thiol groups is 1. The Balaban J connectivity index is 0.000000168. The fraction of sp³-hybridized carbons (Fsp3) is 0.0909. The standard InChI is InChI=1S/C13H9.C9H6Br.2ClH.H2S.Zr/c1-3-7-12-10(5-1)9-11-6-2-4-8-13(11)12;10-9-6-2-4-7-3-1-5-8(7)9;;;;/h1,3-8H,9H2;1-3,6H,5H2;2*1H;1H2;/q2*-1;;;;+2/p-3. The van der Waals surface area contributed by atoms with Crippen LogP contribution in [0.15, 0.2) is 65.1 Å². The molecule has 0 fully saturated rings. The number of allylic oxidation sites excluding steroid dienone is 1. The molecular weight excluding hydrogens is 538 g/mol. The van der Waals surface area contributed by atoms with Gasteiger partial charge >= 0.3 is 37.9 Å². The number of fused-ring (bicyclic) bond motifs is 4. The Hall–Kier alpha value is -0.307. The first-order valence-corrected chi connectivity index (χ1v) is 15.3. The number of halogens is 3. The Kier molecular flexibility index (Phi) is 9.90. The van der Waals surface area contributed by atoms with Gasteiger partial charge in [0.05, 0.1) is 0 Å². The smallest absolute Gasteiger partial charge is 0.0398 e. The summed E-state index contributed by atoms with van der Waals surface area (Å²) in [6.45, 7) is 0. The molecule has 0 N–H and O–H groups in total. The van der Waals surface area contributed by atoms with E-state index in [0.717, 1.165) is 12.8 Å². The summed E-state index contributed by atoms with van der Waals surface area (Å²) in [6, 6.07) is 25.1. The van der Waals surface area contributed by atoms with Gasteiger partial charge in [-0.05, 0) is 17.5 Å². The molecule has 0 nitrogen and oxygen atoms in total. The average molecular weight is 554 g/mol. The van der Waals surface area contributed by atoms with Crippen molar-refractivity contribution in [1.29, 1.82) is 0 Å². The SMILES string of the molecule is Brc1cc[c-]c2c1CC=C2.[Cl][Zr][Cl].[SH-].[c-]1ccc2c(c1)Cc1ccccc1-2. The second-order valence-corrected chi connectivity index (χ2v) is 10.4. The van der Waals surface area contributed by atoms with Crippen molar-refractivity contribution >= 4 is 52.5 Å². The quantitative estimate of drug-likeness (QED) is 0.128. The number of rotatable bonds is 0. The van der Waals surface area contributed by atoms with E-state index in [-0.39, 0.29) is 13.5 Å². The third-order valence-corrected chi connectivity index (χ3v) is 5.07. The Morgan fingerprint density at radius 2 is 1.70 bits per heavy atom. The van der Waals surface area contributed by atoms with Gasteiger partial charge in [-0.3, -0.25) is 0 Å². The van der Waals surface area contributed by atoms with Crippen molar-refractivity contribution in [2.45, 2.75) is 12.8 Å². The molecule has 0 saturated heterocycles. The van der Waals surface area contributed by atoms with E-state index >= 15 is 0 Å². The Bertz CT molecular complexity index is 884. The van der Waals surface area contributed by atoms with Crippen LogP contribution < -0.4 is 0 Å². The van der Waals surface area contributed by atoms with E-state index in [1.807, 2.05) is 18.2 Å². The minimum Gasteiger partial charge on any atom is -0.813 e. The van der Waals surface area contributed by atoms with Crippen LogP contribution in [0, 0.1) is 12.1 Å². The monoisotopic (exact) mass is 551 g/mol. The van der Waals surface area contributed by atoms with E-state index in [2.05, 4.69) is 76.6 Å². The van der Waals surface area contributed by atoms with Gasteiger partial charge in [0.1, 0.15) is 0 Å². The van der Waals surface area contributed by atoms with E-state index in [1.54, 1.807) is 0 Å². The molecule has 5 rings (SSSR count). The van der Waals surface area contributed by atoms with Crippen LogP contribution in [0.5, 0.6) is 0 Å². The largest absolute Gasteiger partial charge is 0.813 e. The molecule has 0 unspecified atom stereocenters. The molecule has 0 heterocycles. The first kappa shape index (κ1) is 23.0. The Morgan fingerprint density at radius 3 is 2.48 bits per heavy atom. The van der Waals surface area contributed by atoms with E-state index in [4.69, 9.17) is 17.0 Å². The summed E-state index contributed by atoms with van der Waals surface area (Å²) < 4.78 is 1.20. The zero-order valence-corrected chi connectivity index (χ0v) is 20.8. The second kappa shape index (κ2) is 11.6. The molecule has 138 valence electrons. The van der Waals surface area contributed by atoms with E-state index < -0.39 is 20.8 Å². The molecule has 0 radical (unpaired) electrons. The number of hydrogen-bond acceptors (Lipinski definition) is 1. The van der Waals surface area contributed by atoms with Crippen molar-refractivity contribution in [3.8, 4) is 11.1 Å². The predicted molar refractivity (Wildman–Crippen MR) is 120 cm³/mol. The van der Waals surface area contributed by atoms with Crippen LogP contribution >= 0.6 is 33.0 Å². The van der Waals surface area contributed by atoms with Gasteiger partial charge in [-0.25, -0.2) is 0 Å². The zero-order chi connectivity index (χ0) is 18.4. The molecule has 0 amide bonds. The van der Waals surface area contributed by atoms with Gasteiger partial charge in [-0.15, -0.1) is 52.6 Å². The maximum absolute atomic E-state index is 4.93. The van der Waals surface area contributed by atoms with Crippen LogP contribution in [-0.4, -0.2) is 0 Å². The molecule has 0 bridgehead atoms. The van der Waals surface area contributed by atoms with E-state index in [0.29, 0.717) is 0 Å². The summed E-state index contributed by atoms with van der Waals surface area (Å²) in [5.74, 6) is 0. The van der Waals surface area contributed by atoms with Crippen molar-refractivity contribution in [2.75, 3.05) is 0 Å². The summed E-state index contributed by atoms with van der Waals surface area (Å²) in [7, 11) is 9.87. The molecule has 3 aromatic rings. The summed E-state index contributed by atoms with van der Waals surface area (Å²) in [5, 5.41) is 0. The van der Waals surface area contributed by atoms with Crippen molar-refractivity contribution in [2.24, 2.45) is 0 Å². The van der Waals surface area contributed by atoms with Crippen LogP contribution in [0.25, 0.3) is 17.2 Å². The van der Waals surface area contributed by atoms with Gasteiger partial charge in [-0.2, -0.15) is 24.3 Å². The van der Waals surface area contributed by atoms with Gasteiger partial charge in [0.15, 0.2) is 0 Å². The summed E-state index contributed by atoms with van der Waals surface area (Å²) in [6.07, 6.45) is 6.39. The van der Waals surface area contributed by atoms with Crippen molar-refractivity contribution in [1.82, 2.24) is 0 Å². The summed E-state index contributed by atoms with van der Waals surface area (Å²) in [5.41, 5.74) is 8.22. The van der Waals surface area contributed by atoms with Crippen LogP contribution in [0.4, 0.5) is 0 Å². The normalized spacial score (nSPS) is 11.5. The van der Waals surface area contributed by atoms with Gasteiger partial charge in [0, 0.05) is 0 Å². The van der Waals surface area contributed by atoms with Crippen molar-refractivity contribution < 1.29 is 20.8 Å². The first-order chi connectivity index (χ1) is 12.7. The molecule has 0 aromatic heterocycles. The minimum absolute atomic E-state index is 0. The van der Waals surface area contributed by atoms with Gasteiger partial charge in [-0.1, -0.05) is 51.1 Å². The molecule has 0 aliphatic heterocycles. The van der Waals surface area contributed by atoms with Crippen LogP contribution in [-0.2, 0) is 47.2 Å². The zero-order valence-electron chi connectivity index (χ0n) is 14.3. The number of hydrogen-bond donors (Lipinski definition) is 0. The van der Waals surface area contributed by atoms with E-state index in [9.17, 15) is 0 Å². The fourth-order valence-electron chi connectivity index (χ4n) is 3.19. The molecular formula is C22H16BrCl2SZr-3. The molecule has 0 spiro atoms. The topological polar surface area (TPSA) is 0 Å². The second-order valence-electron chi connectivity index (χ2n) is 5.81. The molecule has 2 aliphatic rings. The van der Waals surface area contributed by atoms with Crippen LogP contribution in [0.2, 0.25) is 0 Å². The Morgan fingerprint density at radius 1 is 0.963 bits per heavy atom. The molecule has 0 atom stereocenters. The maximum atomic E-state index is 4.93. The number of benzene rings is 3. The summed E-state index contributed by atoms with van der Waals surface area (Å²) >= 11 is 2.66. The predicted octanol–water partition coefficient (Wildman–Crippen LogP) is 6.98. The average Bonchev–Trinajstić information content (AvgIpc) is 3.28. The van der Waals surface area contributed by atoms with Gasteiger partial charge in [0.25, 0.3) is 0 Å². The fourth-order valence-corrected chi connectivity index (χ4v) is 3.70. The van der Waals surface area contributed by atoms with Crippen molar-refractivity contribution in [3.63, 3.8) is 0 Å². The van der Waals surface area contributed by atoms with Crippen molar-refractivity contribution in [3.05, 3.63) is 99.5 Å². The van der Waals surface area contributed by atoms with E-state index in [1.165, 1.54) is 37.9 Å². The maximum Gasteiger partial charge on any atom is -0.0398 e. The molecule has 0 saturated carbocycles. The van der Waals surface area contributed by atoms with Gasteiger partial charge < -0.3 is 13.5 Å². The molecule has 27 heavy (non-hydrogen) atoms. The molecule has 5 heteroatoms. The minimum atomic E-state index is -0.826. The van der Waals surface area contributed by atoms with Crippen LogP contribution in [0.1, 0.15) is 22.3 Å². The molecule has 2 aliphatic carbocycles. The summed E-state index contributed by atoms with van der Waals surface area (Å²) in [4.78, 5) is 0. The first-order valence-electron chi connectivity index (χ1n) is 8.13. The van der Waals surface area contributed by atoms with Gasteiger partial charge in [0.2, 0.25) is 0 Å². The third-order valence-electron chi connectivity index (χ3n) is 4.33. The third kappa shape index (κ3) is 5.84. The Labute approximate surface area is 195 Å².